The molecule has 9 heteroatoms. The van der Waals surface area contributed by atoms with E-state index in [1.165, 1.54) is 32.6 Å². The Hall–Kier alpha value is -3.67. The van der Waals surface area contributed by atoms with Crippen LogP contribution >= 0.6 is 0 Å². The van der Waals surface area contributed by atoms with Crippen LogP contribution in [0.4, 0.5) is 18.9 Å². The van der Waals surface area contributed by atoms with Crippen molar-refractivity contribution in [3.05, 3.63) is 65.4 Å². The molecule has 1 unspecified atom stereocenters. The van der Waals surface area contributed by atoms with E-state index in [2.05, 4.69) is 10.6 Å². The van der Waals surface area contributed by atoms with Crippen LogP contribution in [-0.4, -0.2) is 20.1 Å². The number of anilines is 1. The molecule has 6 nitrogen and oxygen atoms in total. The summed E-state index contributed by atoms with van der Waals surface area (Å²) in [6, 6.07) is 10.9. The number of nitrogens with zero attached hydrogens (tertiary/aromatic N) is 1. The molecule has 2 aromatic rings. The van der Waals surface area contributed by atoms with Crippen LogP contribution in [0, 0.1) is 11.3 Å². The minimum atomic E-state index is -4.54. The summed E-state index contributed by atoms with van der Waals surface area (Å²) in [6.07, 6.45) is -3.32. The average molecular weight is 419 g/mol. The number of halogens is 3. The number of nitriles is 1. The van der Waals surface area contributed by atoms with Gasteiger partial charge in [0.15, 0.2) is 11.5 Å². The maximum absolute atomic E-state index is 12.8. The third kappa shape index (κ3) is 5.67. The summed E-state index contributed by atoms with van der Waals surface area (Å²) in [5.41, 5.74) is -0.453. The molecule has 2 N–H and O–H groups in total. The predicted octanol–water partition coefficient (Wildman–Crippen LogP) is 4.42. The summed E-state index contributed by atoms with van der Waals surface area (Å²) in [7, 11) is 3.02. The molecule has 0 radical (unpaired) electrons. The molecule has 1 amide bonds. The van der Waals surface area contributed by atoms with E-state index in [0.29, 0.717) is 11.5 Å². The lowest BCUT2D eigenvalue weighted by atomic mass is 10.1. The van der Waals surface area contributed by atoms with Crippen molar-refractivity contribution in [2.75, 3.05) is 19.5 Å². The Kier molecular flexibility index (Phi) is 7.31. The van der Waals surface area contributed by atoms with Crippen LogP contribution in [0.15, 0.2) is 54.2 Å². The first-order valence-electron chi connectivity index (χ1n) is 8.76. The lowest BCUT2D eigenvalue weighted by Gasteiger charge is -2.15. The fraction of sp³-hybridized carbons (Fsp3) is 0.238. The second-order valence-electron chi connectivity index (χ2n) is 6.21. The average Bonchev–Trinajstić information content (AvgIpc) is 2.73. The van der Waals surface area contributed by atoms with Gasteiger partial charge >= 0.3 is 6.18 Å². The highest BCUT2D eigenvalue weighted by Gasteiger charge is 2.30. The number of hydrogen-bond acceptors (Lipinski definition) is 5. The van der Waals surface area contributed by atoms with E-state index in [9.17, 15) is 23.2 Å². The summed E-state index contributed by atoms with van der Waals surface area (Å²) in [6.45, 7) is 1.80. The number of amides is 1. The SMILES string of the molecule is COc1ccc(C(C)N/C=C(/C#N)C(=O)Nc2cccc(C(F)(F)F)c2)cc1OC. The van der Waals surface area contributed by atoms with E-state index in [0.717, 1.165) is 17.7 Å². The smallest absolute Gasteiger partial charge is 0.416 e. The number of alkyl halides is 3. The topological polar surface area (TPSA) is 83.4 Å². The second kappa shape index (κ2) is 9.69. The van der Waals surface area contributed by atoms with Crippen LogP contribution in [0.2, 0.25) is 0 Å². The zero-order valence-electron chi connectivity index (χ0n) is 16.5. The Morgan fingerprint density at radius 1 is 1.13 bits per heavy atom. The molecule has 0 aliphatic carbocycles. The van der Waals surface area contributed by atoms with Crippen molar-refractivity contribution < 1.29 is 27.4 Å². The van der Waals surface area contributed by atoms with Gasteiger partial charge in [-0.3, -0.25) is 4.79 Å². The standard InChI is InChI=1S/C21H20F3N3O3/c1-13(14-7-8-18(29-2)19(9-14)30-3)26-12-15(11-25)20(28)27-17-6-4-5-16(10-17)21(22,23)24/h4-10,12-13,26H,1-3H3,(H,27,28)/b15-12-. The zero-order valence-corrected chi connectivity index (χ0v) is 16.5. The minimum absolute atomic E-state index is 0.0658. The van der Waals surface area contributed by atoms with Gasteiger partial charge in [-0.05, 0) is 42.8 Å². The van der Waals surface area contributed by atoms with Crippen molar-refractivity contribution in [2.45, 2.75) is 19.1 Å². The molecule has 0 aliphatic rings. The van der Waals surface area contributed by atoms with E-state index in [1.54, 1.807) is 31.2 Å². The summed E-state index contributed by atoms with van der Waals surface area (Å²) in [4.78, 5) is 12.3. The largest absolute Gasteiger partial charge is 0.493 e. The van der Waals surface area contributed by atoms with Crippen LogP contribution in [0.25, 0.3) is 0 Å². The molecule has 0 saturated carbocycles. The van der Waals surface area contributed by atoms with E-state index in [-0.39, 0.29) is 17.3 Å². The van der Waals surface area contributed by atoms with Gasteiger partial charge in [0.1, 0.15) is 11.6 Å². The molecule has 0 spiro atoms. The lowest BCUT2D eigenvalue weighted by molar-refractivity contribution is -0.137. The number of carbonyl (C=O) groups excluding carboxylic acids is 1. The predicted molar refractivity (Wildman–Crippen MR) is 105 cm³/mol. The van der Waals surface area contributed by atoms with E-state index in [4.69, 9.17) is 9.47 Å². The molecule has 0 fully saturated rings. The van der Waals surface area contributed by atoms with Crippen LogP contribution in [0.1, 0.15) is 24.1 Å². The highest BCUT2D eigenvalue weighted by atomic mass is 19.4. The van der Waals surface area contributed by atoms with Gasteiger partial charge in [0, 0.05) is 17.9 Å². The first-order chi connectivity index (χ1) is 14.2. The van der Waals surface area contributed by atoms with Crippen molar-refractivity contribution in [3.8, 4) is 17.6 Å². The third-order valence-corrected chi connectivity index (χ3v) is 4.20. The van der Waals surface area contributed by atoms with E-state index < -0.39 is 17.6 Å². The second-order valence-corrected chi connectivity index (χ2v) is 6.21. The fourth-order valence-corrected chi connectivity index (χ4v) is 2.55. The molecule has 30 heavy (non-hydrogen) atoms. The number of methoxy groups -OCH3 is 2. The molecule has 2 rings (SSSR count). The minimum Gasteiger partial charge on any atom is -0.493 e. The first-order valence-corrected chi connectivity index (χ1v) is 8.76. The van der Waals surface area contributed by atoms with Gasteiger partial charge in [-0.1, -0.05) is 12.1 Å². The number of carbonyl (C=O) groups is 1. The van der Waals surface area contributed by atoms with Crippen LogP contribution in [-0.2, 0) is 11.0 Å². The van der Waals surface area contributed by atoms with Crippen molar-refractivity contribution in [2.24, 2.45) is 0 Å². The maximum atomic E-state index is 12.8. The summed E-state index contributed by atoms with van der Waals surface area (Å²) in [5.74, 6) is 0.251. The summed E-state index contributed by atoms with van der Waals surface area (Å²) < 4.78 is 48.8. The highest BCUT2D eigenvalue weighted by molar-refractivity contribution is 6.06. The Bertz CT molecular complexity index is 981. The number of rotatable bonds is 7. The summed E-state index contributed by atoms with van der Waals surface area (Å²) in [5, 5.41) is 14.5. The van der Waals surface area contributed by atoms with Crippen molar-refractivity contribution in [3.63, 3.8) is 0 Å². The molecule has 1 atom stereocenters. The molecule has 0 aliphatic heterocycles. The molecular weight excluding hydrogens is 399 g/mol. The van der Waals surface area contributed by atoms with Gasteiger partial charge in [0.25, 0.3) is 5.91 Å². The Balaban J connectivity index is 2.12. The number of ether oxygens (including phenoxy) is 2. The third-order valence-electron chi connectivity index (χ3n) is 4.20. The van der Waals surface area contributed by atoms with Gasteiger partial charge in [0.2, 0.25) is 0 Å². The van der Waals surface area contributed by atoms with Gasteiger partial charge in [-0.15, -0.1) is 0 Å². The molecule has 0 aromatic heterocycles. The molecule has 0 bridgehead atoms. The van der Waals surface area contributed by atoms with Crippen molar-refractivity contribution >= 4 is 11.6 Å². The van der Waals surface area contributed by atoms with Crippen molar-refractivity contribution in [1.29, 1.82) is 5.26 Å². The van der Waals surface area contributed by atoms with Crippen LogP contribution in [0.3, 0.4) is 0 Å². The monoisotopic (exact) mass is 419 g/mol. The summed E-state index contributed by atoms with van der Waals surface area (Å²) >= 11 is 0. The number of hydrogen-bond donors (Lipinski definition) is 2. The molecule has 2 aromatic carbocycles. The van der Waals surface area contributed by atoms with Gasteiger partial charge in [-0.2, -0.15) is 18.4 Å². The molecule has 158 valence electrons. The highest BCUT2D eigenvalue weighted by Crippen LogP contribution is 2.31. The van der Waals surface area contributed by atoms with Crippen molar-refractivity contribution in [1.82, 2.24) is 5.32 Å². The van der Waals surface area contributed by atoms with Crippen LogP contribution in [0.5, 0.6) is 11.5 Å². The normalized spacial score (nSPS) is 12.5. The van der Waals surface area contributed by atoms with Crippen LogP contribution < -0.4 is 20.1 Å². The lowest BCUT2D eigenvalue weighted by Crippen LogP contribution is -2.19. The number of benzene rings is 2. The van der Waals surface area contributed by atoms with Gasteiger partial charge in [-0.25, -0.2) is 0 Å². The Morgan fingerprint density at radius 3 is 2.43 bits per heavy atom. The zero-order chi connectivity index (χ0) is 22.3. The quantitative estimate of drug-likeness (QED) is 0.513. The van der Waals surface area contributed by atoms with Gasteiger partial charge in [0.05, 0.1) is 19.8 Å². The van der Waals surface area contributed by atoms with E-state index >= 15 is 0 Å². The number of nitrogens with one attached hydrogen (secondary N) is 2. The van der Waals surface area contributed by atoms with E-state index in [1.807, 2.05) is 0 Å². The molecule has 0 heterocycles. The maximum Gasteiger partial charge on any atom is 0.416 e. The Labute approximate surface area is 171 Å². The molecular formula is C21H20F3N3O3. The molecule has 0 saturated heterocycles. The van der Waals surface area contributed by atoms with Gasteiger partial charge < -0.3 is 20.1 Å². The fourth-order valence-electron chi connectivity index (χ4n) is 2.55. The first kappa shape index (κ1) is 22.6. The Morgan fingerprint density at radius 2 is 1.83 bits per heavy atom.